The number of hydrogen-bond donors (Lipinski definition) is 2. The van der Waals surface area contributed by atoms with Crippen LogP contribution in [-0.4, -0.2) is 69.8 Å². The number of methoxy groups -OCH3 is 1. The first kappa shape index (κ1) is 41.6. The summed E-state index contributed by atoms with van der Waals surface area (Å²) >= 11 is 0. The van der Waals surface area contributed by atoms with E-state index in [0.717, 1.165) is 32.1 Å². The molecular formula is C35H70N2O6. The van der Waals surface area contributed by atoms with E-state index < -0.39 is 6.09 Å². The third-order valence-corrected chi connectivity index (χ3v) is 8.16. The van der Waals surface area contributed by atoms with Crippen LogP contribution in [-0.2, 0) is 23.7 Å². The highest BCUT2D eigenvalue weighted by molar-refractivity contribution is 5.67. The number of amides is 2. The molecule has 43 heavy (non-hydrogen) atoms. The van der Waals surface area contributed by atoms with E-state index in [9.17, 15) is 9.59 Å². The Bertz CT molecular complexity index is 644. The summed E-state index contributed by atoms with van der Waals surface area (Å²) < 4.78 is 22.5. The van der Waals surface area contributed by atoms with Gasteiger partial charge in [0.2, 0.25) is 6.41 Å². The van der Waals surface area contributed by atoms with Gasteiger partial charge < -0.3 is 29.6 Å². The predicted octanol–water partition coefficient (Wildman–Crippen LogP) is 8.50. The van der Waals surface area contributed by atoms with E-state index in [1.54, 1.807) is 7.11 Å². The first-order chi connectivity index (χ1) is 20.7. The number of alkyl carbamates (subject to hydrolysis) is 1. The van der Waals surface area contributed by atoms with E-state index in [0.29, 0.717) is 32.8 Å². The fourth-order valence-corrected chi connectivity index (χ4v) is 4.90. The summed E-state index contributed by atoms with van der Waals surface area (Å²) in [6, 6.07) is -0.354. The van der Waals surface area contributed by atoms with Gasteiger partial charge >= 0.3 is 6.09 Å². The summed E-state index contributed by atoms with van der Waals surface area (Å²) in [5.41, 5.74) is -0.479. The normalized spacial score (nSPS) is 12.7. The van der Waals surface area contributed by atoms with Crippen molar-refractivity contribution in [2.45, 2.75) is 174 Å². The molecule has 0 radical (unpaired) electrons. The van der Waals surface area contributed by atoms with Crippen molar-refractivity contribution in [2.24, 2.45) is 0 Å². The summed E-state index contributed by atoms with van der Waals surface area (Å²) in [4.78, 5) is 23.1. The standard InChI is InChI=1S/C35H70N2O6/c1-7-8-9-10-11-12-13-14-15-16-17-18-19-20-21-22-27-41-29-32(37-31-38)30-42-33(39)36-26-23-24-35(4,5)43-28-25-34(2,3)40-6/h31-32H,7-30H2,1-6H3,(H,36,39)(H,37,38). The third kappa shape index (κ3) is 29.1. The largest absolute Gasteiger partial charge is 0.447 e. The molecule has 0 heterocycles. The minimum Gasteiger partial charge on any atom is -0.447 e. The highest BCUT2D eigenvalue weighted by atomic mass is 16.6. The van der Waals surface area contributed by atoms with E-state index in [1.807, 2.05) is 13.8 Å². The fourth-order valence-electron chi connectivity index (χ4n) is 4.90. The van der Waals surface area contributed by atoms with Crippen molar-refractivity contribution in [3.63, 3.8) is 0 Å². The second kappa shape index (κ2) is 28.1. The Labute approximate surface area is 265 Å². The van der Waals surface area contributed by atoms with Gasteiger partial charge in [0, 0.05) is 20.3 Å². The Morgan fingerprint density at radius 1 is 0.698 bits per heavy atom. The molecule has 0 bridgehead atoms. The Kier molecular flexibility index (Phi) is 27.2. The van der Waals surface area contributed by atoms with Crippen LogP contribution in [0.3, 0.4) is 0 Å². The number of unbranched alkanes of at least 4 members (excludes halogenated alkanes) is 15. The van der Waals surface area contributed by atoms with Crippen LogP contribution >= 0.6 is 0 Å². The molecule has 0 aromatic heterocycles. The van der Waals surface area contributed by atoms with Gasteiger partial charge in [0.1, 0.15) is 6.61 Å². The first-order valence-electron chi connectivity index (χ1n) is 17.5. The average Bonchev–Trinajstić information content (AvgIpc) is 2.97. The quantitative estimate of drug-likeness (QED) is 0.0583. The van der Waals surface area contributed by atoms with Crippen LogP contribution < -0.4 is 10.6 Å². The molecule has 0 rings (SSSR count). The summed E-state index contributed by atoms with van der Waals surface area (Å²) in [5.74, 6) is 0. The molecule has 1 unspecified atom stereocenters. The number of carbonyl (C=O) groups is 2. The van der Waals surface area contributed by atoms with E-state index >= 15 is 0 Å². The maximum Gasteiger partial charge on any atom is 0.407 e. The van der Waals surface area contributed by atoms with Gasteiger partial charge in [-0.3, -0.25) is 4.79 Å². The van der Waals surface area contributed by atoms with Gasteiger partial charge in [0.05, 0.1) is 30.5 Å². The molecular weight excluding hydrogens is 544 g/mol. The lowest BCUT2D eigenvalue weighted by molar-refractivity contribution is -0.111. The molecule has 0 aliphatic heterocycles. The molecule has 0 saturated carbocycles. The van der Waals surface area contributed by atoms with E-state index in [2.05, 4.69) is 31.4 Å². The van der Waals surface area contributed by atoms with Crippen LogP contribution in [0.4, 0.5) is 4.79 Å². The first-order valence-corrected chi connectivity index (χ1v) is 17.5. The number of nitrogens with one attached hydrogen (secondary N) is 2. The lowest BCUT2D eigenvalue weighted by atomic mass is 10.0. The highest BCUT2D eigenvalue weighted by Crippen LogP contribution is 2.20. The van der Waals surface area contributed by atoms with Crippen LogP contribution in [0, 0.1) is 0 Å². The SMILES string of the molecule is CCCCCCCCCCCCCCCCCCOCC(COC(=O)NCCCC(C)(C)OCCC(C)(C)OC)NC=O. The Morgan fingerprint density at radius 3 is 1.74 bits per heavy atom. The number of rotatable bonds is 32. The molecule has 8 heteroatoms. The average molecular weight is 615 g/mol. The maximum absolute atomic E-state index is 12.1. The van der Waals surface area contributed by atoms with Crippen molar-refractivity contribution in [1.29, 1.82) is 0 Å². The topological polar surface area (TPSA) is 95.1 Å². The molecule has 0 aromatic carbocycles. The highest BCUT2D eigenvalue weighted by Gasteiger charge is 2.22. The molecule has 0 saturated heterocycles. The smallest absolute Gasteiger partial charge is 0.407 e. The Morgan fingerprint density at radius 2 is 1.23 bits per heavy atom. The lowest BCUT2D eigenvalue weighted by Crippen LogP contribution is -2.39. The predicted molar refractivity (Wildman–Crippen MR) is 178 cm³/mol. The molecule has 0 spiro atoms. The molecule has 256 valence electrons. The van der Waals surface area contributed by atoms with Gasteiger partial charge in [-0.25, -0.2) is 4.79 Å². The molecule has 8 nitrogen and oxygen atoms in total. The molecule has 0 aliphatic rings. The monoisotopic (exact) mass is 615 g/mol. The van der Waals surface area contributed by atoms with Gasteiger partial charge in [-0.1, -0.05) is 103 Å². The van der Waals surface area contributed by atoms with Crippen LogP contribution in [0.15, 0.2) is 0 Å². The second-order valence-corrected chi connectivity index (χ2v) is 13.3. The molecule has 2 N–H and O–H groups in total. The van der Waals surface area contributed by atoms with Crippen molar-refractivity contribution in [3.8, 4) is 0 Å². The molecule has 0 aliphatic carbocycles. The van der Waals surface area contributed by atoms with Crippen LogP contribution in [0.5, 0.6) is 0 Å². The van der Waals surface area contributed by atoms with Gasteiger partial charge in [-0.15, -0.1) is 0 Å². The van der Waals surface area contributed by atoms with Gasteiger partial charge in [0.25, 0.3) is 0 Å². The number of carbonyl (C=O) groups excluding carboxylic acids is 2. The van der Waals surface area contributed by atoms with E-state index in [4.69, 9.17) is 18.9 Å². The van der Waals surface area contributed by atoms with Crippen molar-refractivity contribution >= 4 is 12.5 Å². The molecule has 0 aromatic rings. The number of hydrogen-bond acceptors (Lipinski definition) is 6. The Balaban J connectivity index is 3.70. The van der Waals surface area contributed by atoms with Crippen LogP contribution in [0.2, 0.25) is 0 Å². The van der Waals surface area contributed by atoms with Gasteiger partial charge in [-0.05, 0) is 53.4 Å². The van der Waals surface area contributed by atoms with Crippen molar-refractivity contribution in [1.82, 2.24) is 10.6 Å². The molecule has 1 atom stereocenters. The van der Waals surface area contributed by atoms with Gasteiger partial charge in [0.15, 0.2) is 0 Å². The fraction of sp³-hybridized carbons (Fsp3) is 0.943. The summed E-state index contributed by atoms with van der Waals surface area (Å²) in [7, 11) is 1.71. The molecule has 2 amide bonds. The van der Waals surface area contributed by atoms with E-state index in [-0.39, 0.29) is 23.9 Å². The zero-order valence-electron chi connectivity index (χ0n) is 29.1. The van der Waals surface area contributed by atoms with Gasteiger partial charge in [-0.2, -0.15) is 0 Å². The lowest BCUT2D eigenvalue weighted by Gasteiger charge is -2.29. The second-order valence-electron chi connectivity index (χ2n) is 13.3. The summed E-state index contributed by atoms with van der Waals surface area (Å²) in [6.45, 7) is 12.7. The number of ether oxygens (including phenoxy) is 4. The van der Waals surface area contributed by atoms with Crippen molar-refractivity contribution in [3.05, 3.63) is 0 Å². The zero-order chi connectivity index (χ0) is 32.1. The van der Waals surface area contributed by atoms with Crippen LogP contribution in [0.1, 0.15) is 157 Å². The third-order valence-electron chi connectivity index (χ3n) is 8.16. The van der Waals surface area contributed by atoms with Crippen molar-refractivity contribution < 1.29 is 28.5 Å². The van der Waals surface area contributed by atoms with E-state index in [1.165, 1.54) is 89.9 Å². The zero-order valence-corrected chi connectivity index (χ0v) is 29.1. The minimum absolute atomic E-state index is 0.0768. The maximum atomic E-state index is 12.1. The minimum atomic E-state index is -0.490. The Hall–Kier alpha value is -1.38. The molecule has 0 fully saturated rings. The van der Waals surface area contributed by atoms with Crippen molar-refractivity contribution in [2.75, 3.05) is 40.1 Å². The summed E-state index contributed by atoms with van der Waals surface area (Å²) in [5, 5.41) is 5.46. The summed E-state index contributed by atoms with van der Waals surface area (Å²) in [6.07, 6.45) is 24.0. The van der Waals surface area contributed by atoms with Crippen LogP contribution in [0.25, 0.3) is 0 Å².